The third kappa shape index (κ3) is 3.99. The van der Waals surface area contributed by atoms with Crippen LogP contribution < -0.4 is 5.32 Å². The van der Waals surface area contributed by atoms with Crippen LogP contribution in [0.5, 0.6) is 0 Å². The van der Waals surface area contributed by atoms with E-state index in [1.54, 1.807) is 10.8 Å². The number of rotatable bonds is 7. The Balaban J connectivity index is 2.63. The van der Waals surface area contributed by atoms with Gasteiger partial charge in [-0.3, -0.25) is 0 Å². The van der Waals surface area contributed by atoms with Crippen molar-refractivity contribution in [1.82, 2.24) is 5.32 Å². The molecule has 0 radical (unpaired) electrons. The van der Waals surface area contributed by atoms with E-state index < -0.39 is 0 Å². The minimum absolute atomic E-state index is 0.0897. The molecule has 0 saturated carbocycles. The van der Waals surface area contributed by atoms with Crippen LogP contribution in [0.1, 0.15) is 43.7 Å². The highest BCUT2D eigenvalue weighted by Gasteiger charge is 2.30. The van der Waals surface area contributed by atoms with Crippen LogP contribution >= 0.6 is 33.8 Å². The first-order valence-corrected chi connectivity index (χ1v) is 8.51. The number of thiol groups is 1. The molecule has 16 heavy (non-hydrogen) atoms. The van der Waals surface area contributed by atoms with Gasteiger partial charge < -0.3 is 5.32 Å². The zero-order valence-electron chi connectivity index (χ0n) is 10.2. The van der Waals surface area contributed by atoms with Crippen LogP contribution in [0.2, 0.25) is 0 Å². The van der Waals surface area contributed by atoms with E-state index in [2.05, 4.69) is 55.3 Å². The van der Waals surface area contributed by atoms with Gasteiger partial charge in [0.05, 0.1) is 5.25 Å². The molecule has 0 aromatic carbocycles. The number of thiophene rings is 1. The van der Waals surface area contributed by atoms with Crippen molar-refractivity contribution in [1.29, 1.82) is 0 Å². The standard InChI is InChI=1S/C12H21NS3/c1-4-5-8-13-12(2,3)11(16-14)10-7-6-9-15-10/h6-7,9,11,13-14H,4-5,8H2,1-3H3/t11-/m0/s1. The highest BCUT2D eigenvalue weighted by atomic mass is 33.1. The van der Waals surface area contributed by atoms with E-state index >= 15 is 0 Å². The van der Waals surface area contributed by atoms with E-state index in [1.165, 1.54) is 17.7 Å². The van der Waals surface area contributed by atoms with Crippen LogP contribution in [0, 0.1) is 0 Å². The molecule has 1 rings (SSSR count). The number of unbranched alkanes of at least 4 members (excludes halogenated alkanes) is 1. The van der Waals surface area contributed by atoms with Crippen LogP contribution in [0.15, 0.2) is 17.5 Å². The fourth-order valence-electron chi connectivity index (χ4n) is 1.66. The largest absolute Gasteiger partial charge is 0.310 e. The second-order valence-corrected chi connectivity index (χ2v) is 6.80. The van der Waals surface area contributed by atoms with Crippen LogP contribution in [0.25, 0.3) is 0 Å². The summed E-state index contributed by atoms with van der Waals surface area (Å²) in [7, 11) is 1.63. The molecule has 0 aliphatic rings. The van der Waals surface area contributed by atoms with Crippen molar-refractivity contribution < 1.29 is 0 Å². The molecule has 1 nitrogen and oxygen atoms in total. The summed E-state index contributed by atoms with van der Waals surface area (Å²) in [5.74, 6) is 0. The van der Waals surface area contributed by atoms with E-state index in [0.717, 1.165) is 6.54 Å². The molecule has 1 atom stereocenters. The predicted octanol–water partition coefficient (Wildman–Crippen LogP) is 4.54. The van der Waals surface area contributed by atoms with E-state index in [9.17, 15) is 0 Å². The van der Waals surface area contributed by atoms with Crippen molar-refractivity contribution >= 4 is 33.8 Å². The Morgan fingerprint density at radius 1 is 1.56 bits per heavy atom. The number of hydrogen-bond donors (Lipinski definition) is 2. The molecule has 0 fully saturated rings. The third-order valence-electron chi connectivity index (χ3n) is 2.67. The molecule has 0 unspecified atom stereocenters. The Hall–Kier alpha value is 0.360. The van der Waals surface area contributed by atoms with E-state index in [-0.39, 0.29) is 5.54 Å². The molecule has 1 N–H and O–H groups in total. The quantitative estimate of drug-likeness (QED) is 0.430. The van der Waals surface area contributed by atoms with Crippen LogP contribution in [-0.2, 0) is 0 Å². The molecule has 0 bridgehead atoms. The predicted molar refractivity (Wildman–Crippen MR) is 80.6 cm³/mol. The van der Waals surface area contributed by atoms with Gasteiger partial charge in [-0.2, -0.15) is 0 Å². The van der Waals surface area contributed by atoms with Crippen molar-refractivity contribution in [3.8, 4) is 0 Å². The van der Waals surface area contributed by atoms with Gasteiger partial charge in [-0.25, -0.2) is 0 Å². The molecule has 0 amide bonds. The zero-order chi connectivity index (χ0) is 12.0. The average molecular weight is 276 g/mol. The highest BCUT2D eigenvalue weighted by Crippen LogP contribution is 2.42. The summed E-state index contributed by atoms with van der Waals surface area (Å²) in [6.45, 7) is 7.82. The van der Waals surface area contributed by atoms with E-state index in [0.29, 0.717) is 5.25 Å². The molecule has 0 spiro atoms. The smallest absolute Gasteiger partial charge is 0.0668 e. The molecule has 1 heterocycles. The highest BCUT2D eigenvalue weighted by molar-refractivity contribution is 8.68. The Morgan fingerprint density at radius 2 is 2.31 bits per heavy atom. The summed E-state index contributed by atoms with van der Waals surface area (Å²) in [6.07, 6.45) is 2.47. The molecule has 4 heteroatoms. The minimum Gasteiger partial charge on any atom is -0.310 e. The summed E-state index contributed by atoms with van der Waals surface area (Å²) in [5, 5.41) is 6.18. The number of hydrogen-bond acceptors (Lipinski definition) is 4. The molecule has 1 aromatic heterocycles. The fourth-order valence-corrected chi connectivity index (χ4v) is 4.73. The first-order valence-electron chi connectivity index (χ1n) is 5.70. The second kappa shape index (κ2) is 6.94. The van der Waals surface area contributed by atoms with E-state index in [4.69, 9.17) is 0 Å². The summed E-state index contributed by atoms with van der Waals surface area (Å²) >= 11 is 6.24. The Morgan fingerprint density at radius 3 is 2.81 bits per heavy atom. The monoisotopic (exact) mass is 275 g/mol. The topological polar surface area (TPSA) is 12.0 Å². The van der Waals surface area contributed by atoms with Crippen molar-refractivity contribution in [2.24, 2.45) is 0 Å². The molecule has 0 saturated heterocycles. The van der Waals surface area contributed by atoms with Crippen molar-refractivity contribution in [3.63, 3.8) is 0 Å². The van der Waals surface area contributed by atoms with Crippen LogP contribution in [0.3, 0.4) is 0 Å². The normalized spacial score (nSPS) is 14.0. The minimum atomic E-state index is 0.0897. The lowest BCUT2D eigenvalue weighted by Gasteiger charge is -2.33. The molecule has 0 aliphatic heterocycles. The second-order valence-electron chi connectivity index (χ2n) is 4.50. The van der Waals surface area contributed by atoms with Crippen molar-refractivity contribution in [2.45, 2.75) is 44.4 Å². The fraction of sp³-hybridized carbons (Fsp3) is 0.667. The first kappa shape index (κ1) is 14.4. The molecular weight excluding hydrogens is 254 g/mol. The summed E-state index contributed by atoms with van der Waals surface area (Å²) in [6, 6.07) is 4.31. The summed E-state index contributed by atoms with van der Waals surface area (Å²) in [4.78, 5) is 1.40. The Bertz CT molecular complexity index is 282. The van der Waals surface area contributed by atoms with Gasteiger partial charge in [-0.05, 0) is 38.3 Å². The lowest BCUT2D eigenvalue weighted by molar-refractivity contribution is 0.379. The van der Waals surface area contributed by atoms with Gasteiger partial charge >= 0.3 is 0 Å². The van der Waals surface area contributed by atoms with Gasteiger partial charge in [-0.15, -0.1) is 23.0 Å². The SMILES string of the molecule is CCCCNC(C)(C)[C@@H](SS)c1cccs1. The summed E-state index contributed by atoms with van der Waals surface area (Å²) in [5.41, 5.74) is 0.0897. The number of nitrogens with one attached hydrogen (secondary N) is 1. The Labute approximate surface area is 112 Å². The third-order valence-corrected chi connectivity index (χ3v) is 5.45. The first-order chi connectivity index (χ1) is 7.61. The van der Waals surface area contributed by atoms with Gasteiger partial charge in [0.2, 0.25) is 0 Å². The molecule has 1 aromatic rings. The average Bonchev–Trinajstić information content (AvgIpc) is 2.72. The molecular formula is C12H21NS3. The van der Waals surface area contributed by atoms with Gasteiger partial charge in [-0.1, -0.05) is 30.2 Å². The van der Waals surface area contributed by atoms with E-state index in [1.807, 2.05) is 11.3 Å². The van der Waals surface area contributed by atoms with Crippen molar-refractivity contribution in [3.05, 3.63) is 22.4 Å². The van der Waals surface area contributed by atoms with Gasteiger partial charge in [0.15, 0.2) is 0 Å². The zero-order valence-corrected chi connectivity index (χ0v) is 12.7. The summed E-state index contributed by atoms with van der Waals surface area (Å²) < 4.78 is 0. The van der Waals surface area contributed by atoms with Gasteiger partial charge in [0, 0.05) is 10.4 Å². The maximum absolute atomic E-state index is 4.42. The lowest BCUT2D eigenvalue weighted by Crippen LogP contribution is -2.43. The maximum Gasteiger partial charge on any atom is 0.0668 e. The van der Waals surface area contributed by atoms with Crippen LogP contribution in [-0.4, -0.2) is 12.1 Å². The molecule has 92 valence electrons. The van der Waals surface area contributed by atoms with Crippen LogP contribution in [0.4, 0.5) is 0 Å². The van der Waals surface area contributed by atoms with Crippen molar-refractivity contribution in [2.75, 3.05) is 6.54 Å². The lowest BCUT2D eigenvalue weighted by atomic mass is 9.98. The van der Waals surface area contributed by atoms with Gasteiger partial charge in [0.1, 0.15) is 0 Å². The molecule has 0 aliphatic carbocycles. The maximum atomic E-state index is 4.42. The van der Waals surface area contributed by atoms with Gasteiger partial charge in [0.25, 0.3) is 0 Å². The Kier molecular flexibility index (Phi) is 6.26.